The minimum absolute atomic E-state index is 0.0117. The lowest BCUT2D eigenvalue weighted by Gasteiger charge is -2.32. The number of carbonyl (C=O) groups excluding carboxylic acids is 7. The molecule has 5 amide bonds. The third kappa shape index (κ3) is 15.9. The van der Waals surface area contributed by atoms with Crippen LogP contribution < -0.4 is 36.5 Å². The molecule has 4 atom stereocenters. The molecule has 0 fully saturated rings. The summed E-state index contributed by atoms with van der Waals surface area (Å²) in [6.07, 6.45) is -0.905. The van der Waals surface area contributed by atoms with E-state index in [-0.39, 0.29) is 60.7 Å². The molecule has 1 heterocycles. The molecule has 4 aromatic carbocycles. The number of halogens is 1. The summed E-state index contributed by atoms with van der Waals surface area (Å²) in [6.45, 7) is 12.1. The maximum atomic E-state index is 15.0. The van der Waals surface area contributed by atoms with E-state index in [1.54, 1.807) is 108 Å². The fourth-order valence-corrected chi connectivity index (χ4v) is 7.80. The van der Waals surface area contributed by atoms with Crippen LogP contribution in [0.3, 0.4) is 0 Å². The number of unbranched alkanes of at least 4 members (excludes halogenated alkanes) is 1. The normalized spacial score (nSPS) is 16.3. The molecule has 0 saturated carbocycles. The number of nitrogens with two attached hydrogens (primary N) is 1. The van der Waals surface area contributed by atoms with Gasteiger partial charge in [-0.1, -0.05) is 48.0 Å². The molecule has 5 rings (SSSR count). The zero-order valence-electron chi connectivity index (χ0n) is 42.1. The third-order valence-corrected chi connectivity index (χ3v) is 11.4. The molecule has 4 aromatic rings. The van der Waals surface area contributed by atoms with Gasteiger partial charge in [-0.3, -0.25) is 19.2 Å². The largest absolute Gasteiger partial charge is 0.514 e. The van der Waals surface area contributed by atoms with Crippen molar-refractivity contribution in [3.8, 4) is 33.8 Å². The van der Waals surface area contributed by atoms with Crippen LogP contribution in [0.15, 0.2) is 84.9 Å². The standard InChI is InChI=1S/C53H65ClN6O12/c1-31-45(61)59-41(49(65)68-9)29-32-13-23-43(70-51(67)72-53(5,6)7)38(28-32)39-30-36(20-24-42(39)69-27-25-55)44(47(63)57-31)60(8)48(64)40(12-10-11-26-56-50(66)71-52(2,3)4)58-46(62)35-16-14-33(15-17-35)34-18-21-37(54)22-19-34/h13-24,28,30-31,40-41,44H,10-12,25-27,29,55H2,1-9H3,(H,56,66)(H,57,63)(H,58,62)(H,59,61)/t31-,40-,41-,44-/m0/s1. The number of benzene rings is 4. The molecule has 19 heteroatoms. The molecule has 4 bridgehead atoms. The van der Waals surface area contributed by atoms with Gasteiger partial charge in [0.25, 0.3) is 5.91 Å². The first-order chi connectivity index (χ1) is 34.0. The lowest BCUT2D eigenvalue weighted by Crippen LogP contribution is -2.55. The van der Waals surface area contributed by atoms with Crippen LogP contribution in [0, 0.1) is 0 Å². The number of carbonyl (C=O) groups is 7. The van der Waals surface area contributed by atoms with Crippen molar-refractivity contribution >= 4 is 53.4 Å². The van der Waals surface area contributed by atoms with Crippen molar-refractivity contribution in [2.45, 2.75) is 110 Å². The molecule has 0 aliphatic carbocycles. The average Bonchev–Trinajstić information content (AvgIpc) is 3.31. The molecular weight excluding hydrogens is 948 g/mol. The van der Waals surface area contributed by atoms with Gasteiger partial charge < -0.3 is 55.6 Å². The summed E-state index contributed by atoms with van der Waals surface area (Å²) in [6, 6.07) is 18.3. The van der Waals surface area contributed by atoms with E-state index >= 15 is 4.79 Å². The van der Waals surface area contributed by atoms with Crippen molar-refractivity contribution in [1.29, 1.82) is 0 Å². The van der Waals surface area contributed by atoms with Gasteiger partial charge >= 0.3 is 18.2 Å². The lowest BCUT2D eigenvalue weighted by atomic mass is 9.93. The van der Waals surface area contributed by atoms with Gasteiger partial charge in [0, 0.05) is 48.3 Å². The summed E-state index contributed by atoms with van der Waals surface area (Å²) in [4.78, 5) is 97.6. The minimum atomic E-state index is -1.49. The van der Waals surface area contributed by atoms with E-state index in [0.29, 0.717) is 29.0 Å². The SMILES string of the molecule is COC(=O)[C@@H]1Cc2ccc(OC(=O)OC(C)(C)C)c(c2)-c2cc(ccc2OCCN)[C@H](N(C)C(=O)[C@H](CCCCNC(=O)OC(C)(C)C)NC(=O)c2ccc(-c3ccc(Cl)cc3)cc2)C(=O)N[C@@H](C)C(=O)N1. The molecule has 72 heavy (non-hydrogen) atoms. The monoisotopic (exact) mass is 1010 g/mol. The number of methoxy groups -OCH3 is 1. The molecule has 0 radical (unpaired) electrons. The topological polar surface area (TPSA) is 243 Å². The van der Waals surface area contributed by atoms with Gasteiger partial charge in [-0.25, -0.2) is 14.4 Å². The highest BCUT2D eigenvalue weighted by atomic mass is 35.5. The molecule has 1 aliphatic heterocycles. The van der Waals surface area contributed by atoms with Gasteiger partial charge in [0.05, 0.1) is 7.11 Å². The maximum Gasteiger partial charge on any atom is 0.514 e. The average molecular weight is 1010 g/mol. The molecular formula is C53H65ClN6O12. The van der Waals surface area contributed by atoms with Crippen molar-refractivity contribution in [2.75, 3.05) is 33.9 Å². The number of esters is 1. The number of likely N-dealkylation sites (N-methyl/N-ethyl adjacent to an activating group) is 1. The number of hydrogen-bond donors (Lipinski definition) is 5. The van der Waals surface area contributed by atoms with Gasteiger partial charge in [-0.05, 0) is 139 Å². The van der Waals surface area contributed by atoms with Gasteiger partial charge in [-0.15, -0.1) is 0 Å². The molecule has 1 aliphatic rings. The van der Waals surface area contributed by atoms with E-state index in [2.05, 4.69) is 21.3 Å². The maximum absolute atomic E-state index is 15.0. The predicted molar refractivity (Wildman–Crippen MR) is 270 cm³/mol. The Morgan fingerprint density at radius 3 is 2.06 bits per heavy atom. The van der Waals surface area contributed by atoms with Crippen LogP contribution in [0.5, 0.6) is 11.5 Å². The Bertz CT molecular complexity index is 2590. The van der Waals surface area contributed by atoms with E-state index in [0.717, 1.165) is 11.1 Å². The zero-order chi connectivity index (χ0) is 52.9. The van der Waals surface area contributed by atoms with E-state index in [1.807, 2.05) is 12.1 Å². The highest BCUT2D eigenvalue weighted by Gasteiger charge is 2.36. The quantitative estimate of drug-likeness (QED) is 0.0348. The molecule has 0 spiro atoms. The van der Waals surface area contributed by atoms with Crippen molar-refractivity contribution in [1.82, 2.24) is 26.2 Å². The third-order valence-electron chi connectivity index (χ3n) is 11.1. The second-order valence-corrected chi connectivity index (χ2v) is 19.6. The Hall–Kier alpha value is -7.18. The van der Waals surface area contributed by atoms with Gasteiger partial charge in [-0.2, -0.15) is 0 Å². The van der Waals surface area contributed by atoms with Crippen molar-refractivity contribution < 1.29 is 57.2 Å². The molecule has 6 N–H and O–H groups in total. The summed E-state index contributed by atoms with van der Waals surface area (Å²) in [5, 5.41) is 11.5. The number of amides is 5. The van der Waals surface area contributed by atoms with Crippen LogP contribution >= 0.6 is 11.6 Å². The number of rotatable bonds is 15. The van der Waals surface area contributed by atoms with E-state index in [9.17, 15) is 28.8 Å². The van der Waals surface area contributed by atoms with Crippen LogP contribution in [0.25, 0.3) is 22.3 Å². The molecule has 0 unspecified atom stereocenters. The summed E-state index contributed by atoms with van der Waals surface area (Å²) < 4.78 is 27.8. The fourth-order valence-electron chi connectivity index (χ4n) is 7.67. The smallest absolute Gasteiger partial charge is 0.492 e. The zero-order valence-corrected chi connectivity index (χ0v) is 42.9. The van der Waals surface area contributed by atoms with Crippen LogP contribution in [0.2, 0.25) is 5.02 Å². The van der Waals surface area contributed by atoms with Crippen molar-refractivity contribution in [3.63, 3.8) is 0 Å². The van der Waals surface area contributed by atoms with Gasteiger partial charge in [0.15, 0.2) is 0 Å². The van der Waals surface area contributed by atoms with Crippen LogP contribution in [0.1, 0.15) is 95.3 Å². The Kier molecular flexibility index (Phi) is 19.2. The van der Waals surface area contributed by atoms with Gasteiger partial charge in [0.1, 0.15) is 53.5 Å². The number of nitrogens with zero attached hydrogens (tertiary/aromatic N) is 1. The van der Waals surface area contributed by atoms with Gasteiger partial charge in [0.2, 0.25) is 17.7 Å². The highest BCUT2D eigenvalue weighted by molar-refractivity contribution is 6.30. The van der Waals surface area contributed by atoms with E-state index in [4.69, 9.17) is 41.0 Å². The lowest BCUT2D eigenvalue weighted by molar-refractivity contribution is -0.145. The minimum Gasteiger partial charge on any atom is -0.492 e. The summed E-state index contributed by atoms with van der Waals surface area (Å²) in [5.41, 5.74) is 7.48. The number of nitrogens with one attached hydrogen (secondary N) is 4. The first-order valence-electron chi connectivity index (χ1n) is 23.6. The fraction of sp³-hybridized carbons (Fsp3) is 0.415. The van der Waals surface area contributed by atoms with Crippen molar-refractivity contribution in [3.05, 3.63) is 107 Å². The summed E-state index contributed by atoms with van der Waals surface area (Å²) in [5.74, 6) is -3.28. The second-order valence-electron chi connectivity index (χ2n) is 19.2. The Labute approximate surface area is 424 Å². The number of ether oxygens (including phenoxy) is 5. The predicted octanol–water partition coefficient (Wildman–Crippen LogP) is 7.04. The number of fused-ring (bicyclic) bond motifs is 5. The Balaban J connectivity index is 1.59. The Morgan fingerprint density at radius 2 is 1.43 bits per heavy atom. The highest BCUT2D eigenvalue weighted by Crippen LogP contribution is 2.40. The number of hydrogen-bond acceptors (Lipinski definition) is 13. The number of alkyl carbamates (subject to hydrolysis) is 1. The Morgan fingerprint density at radius 1 is 0.806 bits per heavy atom. The summed E-state index contributed by atoms with van der Waals surface area (Å²) >= 11 is 6.09. The van der Waals surface area contributed by atoms with Crippen molar-refractivity contribution in [2.24, 2.45) is 5.73 Å². The first kappa shape index (κ1) is 55.7. The second kappa shape index (κ2) is 24.8. The summed E-state index contributed by atoms with van der Waals surface area (Å²) in [7, 11) is 2.57. The van der Waals surface area contributed by atoms with Crippen LogP contribution in [0.4, 0.5) is 9.59 Å². The molecule has 386 valence electrons. The molecule has 0 aromatic heterocycles. The van der Waals surface area contributed by atoms with E-state index in [1.165, 1.54) is 32.0 Å². The molecule has 18 nitrogen and oxygen atoms in total. The van der Waals surface area contributed by atoms with Crippen LogP contribution in [-0.2, 0) is 39.8 Å². The first-order valence-corrected chi connectivity index (χ1v) is 23.9. The van der Waals surface area contributed by atoms with Crippen LogP contribution in [-0.4, -0.2) is 110 Å². The molecule has 0 saturated heterocycles. The van der Waals surface area contributed by atoms with E-state index < -0.39 is 77.2 Å².